The summed E-state index contributed by atoms with van der Waals surface area (Å²) in [6.07, 6.45) is 8.72. The molecule has 4 aromatic rings. The Morgan fingerprint density at radius 1 is 1.09 bits per heavy atom. The maximum atomic E-state index is 13.5. The van der Waals surface area contributed by atoms with Crippen molar-refractivity contribution in [3.8, 4) is 17.1 Å². The van der Waals surface area contributed by atoms with E-state index < -0.39 is 11.5 Å². The highest BCUT2D eigenvalue weighted by atomic mass is 35.5. The fraction of sp³-hybridized carbons (Fsp3) is 0.382. The highest BCUT2D eigenvalue weighted by Crippen LogP contribution is 2.55. The first-order valence-corrected chi connectivity index (χ1v) is 16.5. The zero-order valence-electron chi connectivity index (χ0n) is 25.2. The van der Waals surface area contributed by atoms with Gasteiger partial charge in [0.1, 0.15) is 22.5 Å². The molecule has 1 aromatic carbocycles. The van der Waals surface area contributed by atoms with E-state index in [2.05, 4.69) is 29.1 Å². The van der Waals surface area contributed by atoms with E-state index in [0.29, 0.717) is 17.4 Å². The molecule has 0 unspecified atom stereocenters. The first kappa shape index (κ1) is 30.3. The average molecular weight is 630 g/mol. The van der Waals surface area contributed by atoms with Crippen LogP contribution in [0.5, 0.6) is 0 Å². The molecular weight excluding hydrogens is 594 g/mol. The fourth-order valence-electron chi connectivity index (χ4n) is 6.27. The van der Waals surface area contributed by atoms with Crippen molar-refractivity contribution in [1.82, 2.24) is 24.8 Å². The van der Waals surface area contributed by atoms with Gasteiger partial charge in [0.15, 0.2) is 11.4 Å². The number of carbonyl (C=O) groups is 2. The molecule has 10 heteroatoms. The predicted molar refractivity (Wildman–Crippen MR) is 175 cm³/mol. The summed E-state index contributed by atoms with van der Waals surface area (Å²) in [5, 5.41) is 4.23. The molecule has 44 heavy (non-hydrogen) atoms. The molecule has 0 radical (unpaired) electrons. The fourth-order valence-corrected chi connectivity index (χ4v) is 7.53. The number of esters is 1. The number of imidazole rings is 1. The summed E-state index contributed by atoms with van der Waals surface area (Å²) in [6, 6.07) is 14.9. The van der Waals surface area contributed by atoms with Crippen molar-refractivity contribution >= 4 is 46.3 Å². The van der Waals surface area contributed by atoms with Crippen molar-refractivity contribution in [2.24, 2.45) is 5.41 Å². The Labute approximate surface area is 266 Å². The Balaban J connectivity index is 1.31. The van der Waals surface area contributed by atoms with Crippen molar-refractivity contribution in [1.29, 1.82) is 0 Å². The van der Waals surface area contributed by atoms with E-state index in [-0.39, 0.29) is 23.6 Å². The van der Waals surface area contributed by atoms with Crippen LogP contribution in [0.4, 0.5) is 0 Å². The van der Waals surface area contributed by atoms with Crippen molar-refractivity contribution in [3.05, 3.63) is 82.2 Å². The highest BCUT2D eigenvalue weighted by Gasteiger charge is 2.54. The van der Waals surface area contributed by atoms with E-state index >= 15 is 0 Å². The Morgan fingerprint density at radius 2 is 1.86 bits per heavy atom. The van der Waals surface area contributed by atoms with Gasteiger partial charge in [-0.2, -0.15) is 0 Å². The third kappa shape index (κ3) is 5.75. The predicted octanol–water partition coefficient (Wildman–Crippen LogP) is 7.09. The SMILES string of the molecule is CCOC(=O)[C@H](Cc1ccc(-n2c(-c3ccc(Cl)nc3)nc3cccnc32)cc1)NC1=C(SC(C)C)C(=O)C12CCCCC2. The van der Waals surface area contributed by atoms with Crippen LogP contribution in [-0.4, -0.2) is 49.2 Å². The monoisotopic (exact) mass is 629 g/mol. The molecule has 1 fully saturated rings. The Bertz CT molecular complexity index is 1710. The Hall–Kier alpha value is -3.69. The minimum Gasteiger partial charge on any atom is -0.464 e. The lowest BCUT2D eigenvalue weighted by molar-refractivity contribution is -0.146. The molecule has 2 aliphatic rings. The van der Waals surface area contributed by atoms with Crippen LogP contribution in [0.25, 0.3) is 28.2 Å². The number of ether oxygens (including phenoxy) is 1. The molecule has 1 N–H and O–H groups in total. The normalized spacial score (nSPS) is 16.8. The summed E-state index contributed by atoms with van der Waals surface area (Å²) in [5.41, 5.74) is 4.60. The summed E-state index contributed by atoms with van der Waals surface area (Å²) < 4.78 is 7.52. The summed E-state index contributed by atoms with van der Waals surface area (Å²) >= 11 is 7.64. The van der Waals surface area contributed by atoms with Crippen molar-refractivity contribution < 1.29 is 14.3 Å². The average Bonchev–Trinajstić information content (AvgIpc) is 3.42. The van der Waals surface area contributed by atoms with Crippen molar-refractivity contribution in [2.75, 3.05) is 6.61 Å². The largest absolute Gasteiger partial charge is 0.464 e. The smallest absolute Gasteiger partial charge is 0.328 e. The molecular formula is C34H36ClN5O3S. The number of nitrogens with one attached hydrogen (secondary N) is 1. The van der Waals surface area contributed by atoms with Crippen LogP contribution in [0, 0.1) is 5.41 Å². The van der Waals surface area contributed by atoms with Gasteiger partial charge in [-0.05, 0) is 61.7 Å². The van der Waals surface area contributed by atoms with E-state index in [0.717, 1.165) is 70.7 Å². The number of benzene rings is 1. The standard InChI is InChI=1S/C34H36ClN5O3S/c1-4-43-33(42)26(38-29-28(44-21(2)3)30(41)34(29)16-6-5-7-17-34)19-22-10-13-24(14-11-22)40-31(23-12-15-27(35)37-20-23)39-25-9-8-18-36-32(25)40/h8-15,18,20-21,26,38H,4-7,16-17,19H2,1-3H3/t26-/m0/s1. The van der Waals surface area contributed by atoms with Crippen molar-refractivity contribution in [2.45, 2.75) is 70.6 Å². The molecule has 0 bridgehead atoms. The number of ketones is 1. The van der Waals surface area contributed by atoms with Crippen LogP contribution < -0.4 is 5.32 Å². The Morgan fingerprint density at radius 3 is 2.55 bits per heavy atom. The van der Waals surface area contributed by atoms with Gasteiger partial charge in [-0.15, -0.1) is 11.8 Å². The van der Waals surface area contributed by atoms with Gasteiger partial charge < -0.3 is 10.1 Å². The molecule has 228 valence electrons. The number of halogens is 1. The molecule has 1 saturated carbocycles. The molecule has 3 aromatic heterocycles. The number of rotatable bonds is 10. The van der Waals surface area contributed by atoms with Gasteiger partial charge in [0, 0.05) is 41.0 Å². The number of aromatic nitrogens is 4. The van der Waals surface area contributed by atoms with Crippen LogP contribution >= 0.6 is 23.4 Å². The van der Waals surface area contributed by atoms with Gasteiger partial charge in [0.2, 0.25) is 0 Å². The van der Waals surface area contributed by atoms with Crippen LogP contribution in [0.15, 0.2) is 71.5 Å². The van der Waals surface area contributed by atoms with Crippen LogP contribution in [-0.2, 0) is 20.7 Å². The molecule has 1 atom stereocenters. The van der Waals surface area contributed by atoms with E-state index in [1.165, 1.54) is 0 Å². The Kier molecular flexibility index (Phi) is 8.78. The van der Waals surface area contributed by atoms with E-state index in [9.17, 15) is 9.59 Å². The quantitative estimate of drug-likeness (QED) is 0.147. The van der Waals surface area contributed by atoms with Gasteiger partial charge in [-0.25, -0.2) is 19.7 Å². The van der Waals surface area contributed by atoms with Crippen LogP contribution in [0.1, 0.15) is 58.4 Å². The zero-order valence-corrected chi connectivity index (χ0v) is 26.8. The van der Waals surface area contributed by atoms with Crippen LogP contribution in [0.3, 0.4) is 0 Å². The number of carbonyl (C=O) groups excluding carboxylic acids is 2. The van der Waals surface area contributed by atoms with Crippen molar-refractivity contribution in [3.63, 3.8) is 0 Å². The van der Waals surface area contributed by atoms with E-state index in [1.807, 2.05) is 54.0 Å². The molecule has 0 aliphatic heterocycles. The van der Waals surface area contributed by atoms with Crippen LogP contribution in [0.2, 0.25) is 5.15 Å². The minimum atomic E-state index is -0.614. The van der Waals surface area contributed by atoms with Gasteiger partial charge in [-0.1, -0.05) is 56.8 Å². The number of hydrogen-bond donors (Lipinski definition) is 1. The maximum Gasteiger partial charge on any atom is 0.328 e. The third-order valence-corrected chi connectivity index (χ3v) is 9.65. The molecule has 8 nitrogen and oxygen atoms in total. The molecule has 0 saturated heterocycles. The number of thioether (sulfide) groups is 1. The number of hydrogen-bond acceptors (Lipinski definition) is 8. The lowest BCUT2D eigenvalue weighted by Gasteiger charge is -2.47. The first-order valence-electron chi connectivity index (χ1n) is 15.2. The summed E-state index contributed by atoms with van der Waals surface area (Å²) in [4.78, 5) is 41.2. The molecule has 1 spiro atoms. The highest BCUT2D eigenvalue weighted by molar-refractivity contribution is 8.04. The molecule has 2 aliphatic carbocycles. The zero-order chi connectivity index (χ0) is 30.8. The first-order chi connectivity index (χ1) is 21.3. The molecule has 0 amide bonds. The number of pyridine rings is 2. The van der Waals surface area contributed by atoms with E-state index in [1.54, 1.807) is 30.2 Å². The molecule has 3 heterocycles. The number of nitrogens with zero attached hydrogens (tertiary/aromatic N) is 4. The van der Waals surface area contributed by atoms with Gasteiger partial charge in [0.05, 0.1) is 16.9 Å². The summed E-state index contributed by atoms with van der Waals surface area (Å²) in [5.74, 6) is 0.625. The maximum absolute atomic E-state index is 13.5. The summed E-state index contributed by atoms with van der Waals surface area (Å²) in [6.45, 7) is 6.28. The number of allylic oxidation sites excluding steroid dienone is 2. The topological polar surface area (TPSA) is 99.0 Å². The number of fused-ring (bicyclic) bond motifs is 1. The molecule has 6 rings (SSSR count). The lowest BCUT2D eigenvalue weighted by atomic mass is 9.62. The van der Waals surface area contributed by atoms with Gasteiger partial charge >= 0.3 is 5.97 Å². The lowest BCUT2D eigenvalue weighted by Crippen LogP contribution is -2.54. The van der Waals surface area contributed by atoms with Gasteiger partial charge in [0.25, 0.3) is 0 Å². The van der Waals surface area contributed by atoms with E-state index in [4.69, 9.17) is 21.3 Å². The second kappa shape index (κ2) is 12.7. The summed E-state index contributed by atoms with van der Waals surface area (Å²) in [7, 11) is 0. The minimum absolute atomic E-state index is 0.234. The second-order valence-corrected chi connectivity index (χ2v) is 13.6. The van der Waals surface area contributed by atoms with Gasteiger partial charge in [-0.3, -0.25) is 9.36 Å². The third-order valence-electron chi connectivity index (χ3n) is 8.33. The number of Topliss-reactive ketones (excluding diaryl/α,β-unsaturated/α-hetero) is 1. The second-order valence-electron chi connectivity index (χ2n) is 11.6.